The third-order valence-corrected chi connectivity index (χ3v) is 14.2. The van der Waals surface area contributed by atoms with Gasteiger partial charge < -0.3 is 29.7 Å². The summed E-state index contributed by atoms with van der Waals surface area (Å²) in [6.07, 6.45) is 5.29. The van der Waals surface area contributed by atoms with Crippen LogP contribution < -0.4 is 31.1 Å². The van der Waals surface area contributed by atoms with E-state index in [0.717, 1.165) is 55.7 Å². The molecule has 3 saturated heterocycles. The molecule has 2 amide bonds. The first-order chi connectivity index (χ1) is 30.7. The predicted octanol–water partition coefficient (Wildman–Crippen LogP) is 6.92. The molecule has 3 aromatic heterocycles. The van der Waals surface area contributed by atoms with E-state index in [0.29, 0.717) is 49.4 Å². The van der Waals surface area contributed by atoms with Gasteiger partial charge >= 0.3 is 5.92 Å². The number of likely N-dealkylation sites (tertiary alicyclic amines) is 1. The number of fused-ring (bicyclic) bond motifs is 4. The fourth-order valence-corrected chi connectivity index (χ4v) is 10.1. The highest BCUT2D eigenvalue weighted by molar-refractivity contribution is 6.33. The molecule has 7 heterocycles. The third-order valence-electron chi connectivity index (χ3n) is 13.9. The van der Waals surface area contributed by atoms with Crippen molar-refractivity contribution < 1.29 is 31.9 Å². The molecule has 1 saturated carbocycles. The van der Waals surface area contributed by atoms with E-state index in [2.05, 4.69) is 48.0 Å². The Hall–Kier alpha value is -5.49. The number of hydrogen-bond donors (Lipinski definition) is 3. The van der Waals surface area contributed by atoms with Crippen molar-refractivity contribution in [2.75, 3.05) is 54.9 Å². The number of piperidine rings is 3. The van der Waals surface area contributed by atoms with Crippen LogP contribution in [0.3, 0.4) is 0 Å². The Morgan fingerprint density at radius 3 is 2.53 bits per heavy atom. The molecule has 3 N–H and O–H groups in total. The molecule has 4 aliphatic heterocycles. The van der Waals surface area contributed by atoms with Gasteiger partial charge in [-0.3, -0.25) is 24.4 Å². The average Bonchev–Trinajstić information content (AvgIpc) is 4.06. The fourth-order valence-electron chi connectivity index (χ4n) is 9.99. The van der Waals surface area contributed by atoms with Crippen molar-refractivity contribution in [1.29, 1.82) is 0 Å². The number of pyridine rings is 1. The van der Waals surface area contributed by atoms with Crippen molar-refractivity contribution in [3.05, 3.63) is 69.0 Å². The van der Waals surface area contributed by atoms with E-state index in [1.54, 1.807) is 4.90 Å². The summed E-state index contributed by atoms with van der Waals surface area (Å²) in [6.45, 7) is 1.89. The van der Waals surface area contributed by atoms with Gasteiger partial charge in [-0.05, 0) is 74.7 Å². The zero-order chi connectivity index (χ0) is 44.6. The lowest BCUT2D eigenvalue weighted by atomic mass is 9.87. The van der Waals surface area contributed by atoms with E-state index >= 15 is 17.6 Å². The van der Waals surface area contributed by atoms with Crippen LogP contribution in [0.5, 0.6) is 5.75 Å². The number of nitrogens with one attached hydrogen (secondary N) is 3. The SMILES string of the molecule is Cn1nc(C2CCC(=O)NC2=O)c2ccc(C3CCN(CC4CCN(c5ncc(Cl)c(Nc6cc7c8c(c(=O)n(C)c7cc6F)OCC(F)(F)C(CC6CC6)N8)n5)C[C@@H]4F)CC3)cc21. The molecule has 4 atom stereocenters. The van der Waals surface area contributed by atoms with Crippen molar-refractivity contribution in [3.8, 4) is 5.75 Å². The molecule has 0 bridgehead atoms. The van der Waals surface area contributed by atoms with Gasteiger partial charge in [0.25, 0.3) is 5.56 Å². The number of carbonyl (C=O) groups excluding carboxylic acids is 2. The van der Waals surface area contributed by atoms with Crippen LogP contribution in [0, 0.1) is 17.7 Å². The minimum Gasteiger partial charge on any atom is -0.480 e. The number of halogens is 5. The van der Waals surface area contributed by atoms with Crippen molar-refractivity contribution in [2.45, 2.75) is 81.3 Å². The first kappa shape index (κ1) is 42.5. The lowest BCUT2D eigenvalue weighted by Gasteiger charge is -2.39. The Morgan fingerprint density at radius 1 is 0.984 bits per heavy atom. The molecule has 5 aliphatic rings. The van der Waals surface area contributed by atoms with Crippen LogP contribution in [0.15, 0.2) is 41.3 Å². The first-order valence-electron chi connectivity index (χ1n) is 22.0. The zero-order valence-corrected chi connectivity index (χ0v) is 36.2. The van der Waals surface area contributed by atoms with E-state index in [-0.39, 0.29) is 76.0 Å². The second kappa shape index (κ2) is 16.5. The topological polar surface area (TPSA) is 152 Å². The number of anilines is 4. The standard InChI is InChI=1S/C45H49ClF4N10O4/c1-57-34-18-31(47)33(17-29(34)39-40(43(57)63)64-22-45(49,50)36(53-39)15-23-3-4-23)52-41-30(46)19-51-44(55-41)60-14-11-26(32(48)21-60)20-59-12-9-24(10-13-59)25-5-6-27-35(16-25)58(2)56-38(27)28-7-8-37(61)54-42(28)62/h5-6,16-19,23-24,26,28,32,36,53H,3-4,7-15,20-22H2,1-2H3,(H,51,52,55)(H,54,61,62)/t26?,28?,32-,36?/m0/s1. The summed E-state index contributed by atoms with van der Waals surface area (Å²) in [6, 6.07) is 7.61. The number of ether oxygens (including phenoxy) is 1. The molecule has 3 unspecified atom stereocenters. The number of nitrogens with zero attached hydrogens (tertiary/aromatic N) is 7. The third kappa shape index (κ3) is 8.00. The Labute approximate surface area is 370 Å². The van der Waals surface area contributed by atoms with Crippen molar-refractivity contribution in [1.82, 2.24) is 34.5 Å². The molecule has 14 nitrogen and oxygen atoms in total. The van der Waals surface area contributed by atoms with Gasteiger partial charge in [0.1, 0.15) is 17.0 Å². The van der Waals surface area contributed by atoms with Crippen LogP contribution in [0.1, 0.15) is 74.5 Å². The summed E-state index contributed by atoms with van der Waals surface area (Å²) in [5.41, 5.74) is 2.37. The van der Waals surface area contributed by atoms with E-state index < -0.39 is 42.0 Å². The van der Waals surface area contributed by atoms with Crippen molar-refractivity contribution in [3.63, 3.8) is 0 Å². The number of amides is 2. The number of aryl methyl sites for hydroxylation is 2. The molecule has 1 aliphatic carbocycles. The highest BCUT2D eigenvalue weighted by Crippen LogP contribution is 2.44. The summed E-state index contributed by atoms with van der Waals surface area (Å²) < 4.78 is 70.8. The summed E-state index contributed by atoms with van der Waals surface area (Å²) in [7, 11) is 3.30. The molecule has 5 aromatic rings. The van der Waals surface area contributed by atoms with Gasteiger partial charge in [0.05, 0.1) is 52.8 Å². The minimum atomic E-state index is -3.25. The number of hydrogen-bond acceptors (Lipinski definition) is 11. The summed E-state index contributed by atoms with van der Waals surface area (Å²) >= 11 is 6.53. The summed E-state index contributed by atoms with van der Waals surface area (Å²) in [5, 5.41) is 14.3. The smallest absolute Gasteiger partial charge is 0.300 e. The Kier molecular flexibility index (Phi) is 10.9. The maximum atomic E-state index is 16.0. The monoisotopic (exact) mass is 904 g/mol. The average molecular weight is 905 g/mol. The summed E-state index contributed by atoms with van der Waals surface area (Å²) in [4.78, 5) is 50.6. The minimum absolute atomic E-state index is 0.0660. The van der Waals surface area contributed by atoms with Gasteiger partial charge in [0.2, 0.25) is 23.5 Å². The Bertz CT molecular complexity index is 2740. The van der Waals surface area contributed by atoms with E-state index in [1.165, 1.54) is 29.4 Å². The highest BCUT2D eigenvalue weighted by Gasteiger charge is 2.46. The lowest BCUT2D eigenvalue weighted by Crippen LogP contribution is -2.47. The molecular weight excluding hydrogens is 856 g/mol. The number of carbonyl (C=O) groups is 2. The van der Waals surface area contributed by atoms with Gasteiger partial charge in [-0.2, -0.15) is 10.1 Å². The predicted molar refractivity (Wildman–Crippen MR) is 234 cm³/mol. The van der Waals surface area contributed by atoms with Crippen LogP contribution in [-0.4, -0.2) is 98.5 Å². The van der Waals surface area contributed by atoms with Gasteiger partial charge in [0, 0.05) is 56.4 Å². The second-order valence-corrected chi connectivity index (χ2v) is 18.6. The van der Waals surface area contributed by atoms with Gasteiger partial charge in [0.15, 0.2) is 12.4 Å². The fraction of sp³-hybridized carbons (Fsp3) is 0.511. The van der Waals surface area contributed by atoms with Gasteiger partial charge in [-0.25, -0.2) is 22.5 Å². The van der Waals surface area contributed by atoms with Gasteiger partial charge in [-0.1, -0.05) is 36.6 Å². The molecule has 338 valence electrons. The lowest BCUT2D eigenvalue weighted by molar-refractivity contribution is -0.134. The first-order valence-corrected chi connectivity index (χ1v) is 22.4. The van der Waals surface area contributed by atoms with E-state index in [4.69, 9.17) is 16.3 Å². The second-order valence-electron chi connectivity index (χ2n) is 18.2. The largest absolute Gasteiger partial charge is 0.480 e. The molecule has 2 aromatic carbocycles. The van der Waals surface area contributed by atoms with Crippen LogP contribution in [-0.2, 0) is 23.7 Å². The molecule has 10 rings (SSSR count). The number of benzene rings is 2. The normalized spacial score (nSPS) is 24.3. The number of aromatic nitrogens is 5. The van der Waals surface area contributed by atoms with Crippen LogP contribution in [0.4, 0.5) is 40.7 Å². The Morgan fingerprint density at radius 2 is 1.78 bits per heavy atom. The van der Waals surface area contributed by atoms with Crippen LogP contribution in [0.2, 0.25) is 5.02 Å². The quantitative estimate of drug-likeness (QED) is 0.104. The van der Waals surface area contributed by atoms with Crippen LogP contribution >= 0.6 is 11.6 Å². The van der Waals surface area contributed by atoms with Crippen molar-refractivity contribution in [2.24, 2.45) is 25.9 Å². The van der Waals surface area contributed by atoms with E-state index in [9.17, 15) is 14.4 Å². The molecule has 64 heavy (non-hydrogen) atoms. The maximum absolute atomic E-state index is 16.0. The highest BCUT2D eigenvalue weighted by atomic mass is 35.5. The molecule has 4 fully saturated rings. The number of alkyl halides is 3. The molecule has 19 heteroatoms. The van der Waals surface area contributed by atoms with Crippen LogP contribution in [0.25, 0.3) is 21.8 Å². The number of imide groups is 1. The molecule has 0 radical (unpaired) electrons. The number of rotatable bonds is 9. The Balaban J connectivity index is 0.788. The van der Waals surface area contributed by atoms with Gasteiger partial charge in [-0.15, -0.1) is 0 Å². The zero-order valence-electron chi connectivity index (χ0n) is 35.5. The summed E-state index contributed by atoms with van der Waals surface area (Å²) in [5.74, 6) is -4.66. The van der Waals surface area contributed by atoms with Crippen molar-refractivity contribution >= 4 is 68.4 Å². The maximum Gasteiger partial charge on any atom is 0.300 e. The van der Waals surface area contributed by atoms with E-state index in [1.807, 2.05) is 17.8 Å². The molecule has 0 spiro atoms. The molecular formula is C45H49ClF4N10O4.